The minimum atomic E-state index is -0.187. The third-order valence-corrected chi connectivity index (χ3v) is 2.94. The smallest absolute Gasteiger partial charge is 0.224 e. The molecule has 2 atom stereocenters. The first-order chi connectivity index (χ1) is 7.00. The number of aromatic amines is 1. The lowest BCUT2D eigenvalue weighted by molar-refractivity contribution is -0.123. The van der Waals surface area contributed by atoms with Crippen molar-refractivity contribution in [3.05, 3.63) is 5.82 Å². The van der Waals surface area contributed by atoms with Crippen molar-refractivity contribution in [2.24, 2.45) is 11.3 Å². The lowest BCUT2D eigenvalue weighted by Gasteiger charge is -2.10. The van der Waals surface area contributed by atoms with E-state index in [1.165, 1.54) is 0 Å². The molecular formula is C9H15N5O. The van der Waals surface area contributed by atoms with Gasteiger partial charge in [-0.1, -0.05) is 19.1 Å². The van der Waals surface area contributed by atoms with Crippen molar-refractivity contribution in [2.45, 2.75) is 33.2 Å². The molecule has 1 aliphatic carbocycles. The van der Waals surface area contributed by atoms with Crippen LogP contribution >= 0.6 is 0 Å². The minimum Gasteiger partial charge on any atom is -0.346 e. The summed E-state index contributed by atoms with van der Waals surface area (Å²) in [6.07, 6.45) is 0.956. The summed E-state index contributed by atoms with van der Waals surface area (Å²) in [6, 6.07) is -0.187. The zero-order valence-electron chi connectivity index (χ0n) is 9.11. The van der Waals surface area contributed by atoms with Crippen molar-refractivity contribution in [1.82, 2.24) is 25.9 Å². The number of carbonyl (C=O) groups is 1. The second-order valence-corrected chi connectivity index (χ2v) is 4.75. The molecule has 2 unspecified atom stereocenters. The van der Waals surface area contributed by atoms with E-state index in [0.29, 0.717) is 5.82 Å². The molecule has 0 saturated heterocycles. The summed E-state index contributed by atoms with van der Waals surface area (Å²) in [7, 11) is 0. The molecule has 0 radical (unpaired) electrons. The molecule has 1 fully saturated rings. The maximum Gasteiger partial charge on any atom is 0.224 e. The van der Waals surface area contributed by atoms with Gasteiger partial charge in [-0.3, -0.25) is 4.79 Å². The van der Waals surface area contributed by atoms with Gasteiger partial charge in [0.2, 0.25) is 5.91 Å². The zero-order chi connectivity index (χ0) is 11.1. The Morgan fingerprint density at radius 3 is 2.80 bits per heavy atom. The molecule has 1 heterocycles. The molecule has 6 nitrogen and oxygen atoms in total. The number of amides is 1. The molecule has 2 N–H and O–H groups in total. The van der Waals surface area contributed by atoms with Gasteiger partial charge in [0.15, 0.2) is 5.82 Å². The first-order valence-electron chi connectivity index (χ1n) is 5.04. The molecule has 0 aliphatic heterocycles. The zero-order valence-corrected chi connectivity index (χ0v) is 9.11. The molecule has 0 bridgehead atoms. The van der Waals surface area contributed by atoms with Crippen molar-refractivity contribution in [3.63, 3.8) is 0 Å². The van der Waals surface area contributed by atoms with E-state index in [0.717, 1.165) is 6.42 Å². The van der Waals surface area contributed by atoms with Crippen LogP contribution in [0.4, 0.5) is 0 Å². The van der Waals surface area contributed by atoms with Crippen LogP contribution in [0, 0.1) is 11.3 Å². The van der Waals surface area contributed by atoms with Crippen LogP contribution in [0.5, 0.6) is 0 Å². The fraction of sp³-hybridized carbons (Fsp3) is 0.778. The summed E-state index contributed by atoms with van der Waals surface area (Å²) in [5.41, 5.74) is 0.154. The number of nitrogens with one attached hydrogen (secondary N) is 2. The van der Waals surface area contributed by atoms with Crippen LogP contribution in [0.1, 0.15) is 39.1 Å². The monoisotopic (exact) mass is 209 g/mol. The number of carbonyl (C=O) groups excluding carboxylic acids is 1. The van der Waals surface area contributed by atoms with Crippen molar-refractivity contribution in [3.8, 4) is 0 Å². The molecule has 1 aromatic heterocycles. The highest BCUT2D eigenvalue weighted by molar-refractivity contribution is 5.82. The fourth-order valence-corrected chi connectivity index (χ4v) is 1.65. The Kier molecular flexibility index (Phi) is 2.21. The second-order valence-electron chi connectivity index (χ2n) is 4.75. The number of tetrazole rings is 1. The predicted molar refractivity (Wildman–Crippen MR) is 52.6 cm³/mol. The lowest BCUT2D eigenvalue weighted by Crippen LogP contribution is -2.29. The molecule has 1 amide bonds. The highest BCUT2D eigenvalue weighted by Crippen LogP contribution is 2.51. The van der Waals surface area contributed by atoms with Gasteiger partial charge >= 0.3 is 0 Å². The normalized spacial score (nSPS) is 24.6. The molecule has 6 heteroatoms. The van der Waals surface area contributed by atoms with Crippen molar-refractivity contribution < 1.29 is 4.79 Å². The molecule has 82 valence electrons. The van der Waals surface area contributed by atoms with Gasteiger partial charge in [0, 0.05) is 5.92 Å². The van der Waals surface area contributed by atoms with E-state index in [9.17, 15) is 4.79 Å². The van der Waals surface area contributed by atoms with E-state index >= 15 is 0 Å². The van der Waals surface area contributed by atoms with Crippen LogP contribution in [0.3, 0.4) is 0 Å². The topological polar surface area (TPSA) is 83.6 Å². The van der Waals surface area contributed by atoms with E-state index in [-0.39, 0.29) is 23.3 Å². The summed E-state index contributed by atoms with van der Waals surface area (Å²) in [4.78, 5) is 11.7. The third kappa shape index (κ3) is 1.98. The molecular weight excluding hydrogens is 194 g/mol. The van der Waals surface area contributed by atoms with E-state index in [1.807, 2.05) is 6.92 Å². The van der Waals surface area contributed by atoms with Crippen LogP contribution in [0.25, 0.3) is 0 Å². The summed E-state index contributed by atoms with van der Waals surface area (Å²) in [5.74, 6) is 0.728. The second kappa shape index (κ2) is 3.29. The van der Waals surface area contributed by atoms with Crippen molar-refractivity contribution in [2.75, 3.05) is 0 Å². The first kappa shape index (κ1) is 10.1. The van der Waals surface area contributed by atoms with Gasteiger partial charge in [-0.05, 0) is 18.8 Å². The Bertz CT molecular complexity index is 359. The average Bonchev–Trinajstić information content (AvgIpc) is 2.66. The Balaban J connectivity index is 1.90. The Morgan fingerprint density at radius 1 is 1.67 bits per heavy atom. The van der Waals surface area contributed by atoms with Crippen LogP contribution in [-0.4, -0.2) is 26.5 Å². The molecule has 0 aromatic carbocycles. The number of hydrogen-bond acceptors (Lipinski definition) is 4. The summed E-state index contributed by atoms with van der Waals surface area (Å²) >= 11 is 0. The van der Waals surface area contributed by atoms with Crippen LogP contribution in [0.2, 0.25) is 0 Å². The quantitative estimate of drug-likeness (QED) is 0.755. The van der Waals surface area contributed by atoms with Crippen LogP contribution < -0.4 is 5.32 Å². The first-order valence-corrected chi connectivity index (χ1v) is 5.04. The maximum atomic E-state index is 11.7. The largest absolute Gasteiger partial charge is 0.346 e. The molecule has 15 heavy (non-hydrogen) atoms. The Morgan fingerprint density at radius 2 is 2.33 bits per heavy atom. The third-order valence-electron chi connectivity index (χ3n) is 2.94. The Hall–Kier alpha value is -1.46. The lowest BCUT2D eigenvalue weighted by atomic mass is 10.1. The van der Waals surface area contributed by atoms with Gasteiger partial charge < -0.3 is 5.32 Å². The molecule has 2 rings (SSSR count). The number of H-pyrrole nitrogens is 1. The van der Waals surface area contributed by atoms with Gasteiger partial charge in [-0.2, -0.15) is 5.21 Å². The summed E-state index contributed by atoms with van der Waals surface area (Å²) in [5, 5.41) is 16.3. The average molecular weight is 209 g/mol. The molecule has 0 spiro atoms. The molecule has 1 saturated carbocycles. The van der Waals surface area contributed by atoms with Gasteiger partial charge in [0.25, 0.3) is 0 Å². The number of nitrogens with zero attached hydrogens (tertiary/aromatic N) is 3. The SMILES string of the molecule is CC(NC(=O)C1CC1(C)C)c1nn[nH]n1. The highest BCUT2D eigenvalue weighted by Gasteiger charge is 2.50. The molecule has 1 aliphatic rings. The maximum absolute atomic E-state index is 11.7. The van der Waals surface area contributed by atoms with Gasteiger partial charge in [0.1, 0.15) is 0 Å². The van der Waals surface area contributed by atoms with E-state index in [4.69, 9.17) is 0 Å². The number of rotatable bonds is 3. The van der Waals surface area contributed by atoms with Crippen molar-refractivity contribution >= 4 is 5.91 Å². The standard InChI is InChI=1S/C9H15N5O/c1-5(7-11-13-14-12-7)10-8(15)6-4-9(6,2)3/h5-6H,4H2,1-3H3,(H,10,15)(H,11,12,13,14). The number of aromatic nitrogens is 4. The minimum absolute atomic E-state index is 0.0808. The highest BCUT2D eigenvalue weighted by atomic mass is 16.2. The summed E-state index contributed by atoms with van der Waals surface area (Å²) < 4.78 is 0. The molecule has 1 aromatic rings. The van der Waals surface area contributed by atoms with Gasteiger partial charge in [-0.15, -0.1) is 10.2 Å². The Labute approximate surface area is 87.8 Å². The fourth-order valence-electron chi connectivity index (χ4n) is 1.65. The van der Waals surface area contributed by atoms with Crippen LogP contribution in [0.15, 0.2) is 0 Å². The van der Waals surface area contributed by atoms with E-state index < -0.39 is 0 Å². The summed E-state index contributed by atoms with van der Waals surface area (Å²) in [6.45, 7) is 6.03. The van der Waals surface area contributed by atoms with Gasteiger partial charge in [0.05, 0.1) is 6.04 Å². The van der Waals surface area contributed by atoms with Crippen LogP contribution in [-0.2, 0) is 4.79 Å². The van der Waals surface area contributed by atoms with E-state index in [1.54, 1.807) is 0 Å². The van der Waals surface area contributed by atoms with Gasteiger partial charge in [-0.25, -0.2) is 0 Å². The van der Waals surface area contributed by atoms with Crippen molar-refractivity contribution in [1.29, 1.82) is 0 Å². The number of hydrogen-bond donors (Lipinski definition) is 2. The predicted octanol–water partition coefficient (Wildman–Crippen LogP) is 0.423. The van der Waals surface area contributed by atoms with E-state index in [2.05, 4.69) is 39.8 Å².